The first kappa shape index (κ1) is 17.5. The number of carboxylic acids is 1. The number of carbonyl (C=O) groups is 2. The Hall–Kier alpha value is -2.32. The number of nitrogens with zero attached hydrogens (tertiary/aromatic N) is 1. The number of aliphatic carboxylic acids is 1. The molecule has 25 heavy (non-hydrogen) atoms. The summed E-state index contributed by atoms with van der Waals surface area (Å²) in [5.74, 6) is -2.27. The number of thiazole rings is 1. The van der Waals surface area contributed by atoms with Gasteiger partial charge in [-0.2, -0.15) is 0 Å². The van der Waals surface area contributed by atoms with Crippen LogP contribution in [0.3, 0.4) is 0 Å². The van der Waals surface area contributed by atoms with E-state index >= 15 is 0 Å². The van der Waals surface area contributed by atoms with Crippen molar-refractivity contribution in [1.29, 1.82) is 0 Å². The second-order valence-electron chi connectivity index (χ2n) is 5.96. The molecule has 1 aliphatic rings. The predicted molar refractivity (Wildman–Crippen MR) is 88.9 cm³/mol. The van der Waals surface area contributed by atoms with Gasteiger partial charge >= 0.3 is 5.97 Å². The first-order valence-corrected chi connectivity index (χ1v) is 8.61. The fraction of sp³-hybridized carbons (Fsp3) is 0.353. The number of carboxylic acid groups (broad SMARTS) is 1. The average Bonchev–Trinajstić information content (AvgIpc) is 3.26. The first-order valence-electron chi connectivity index (χ1n) is 7.79. The maximum Gasteiger partial charge on any atom is 0.333 e. The Morgan fingerprint density at radius 2 is 2.12 bits per heavy atom. The Kier molecular flexibility index (Phi) is 4.82. The normalized spacial score (nSPS) is 19.4. The third-order valence-corrected chi connectivity index (χ3v) is 5.25. The van der Waals surface area contributed by atoms with Crippen molar-refractivity contribution in [3.05, 3.63) is 51.7 Å². The maximum atomic E-state index is 13.1. The molecule has 6 nitrogen and oxygen atoms in total. The van der Waals surface area contributed by atoms with Gasteiger partial charge in [-0.25, -0.2) is 14.2 Å². The maximum absolute atomic E-state index is 13.1. The van der Waals surface area contributed by atoms with E-state index < -0.39 is 23.2 Å². The molecular weight excluding hydrogens is 347 g/mol. The average molecular weight is 364 g/mol. The van der Waals surface area contributed by atoms with Gasteiger partial charge in [0, 0.05) is 6.61 Å². The molecule has 1 aromatic heterocycles. The van der Waals surface area contributed by atoms with Crippen molar-refractivity contribution in [2.75, 3.05) is 6.61 Å². The molecule has 0 bridgehead atoms. The van der Waals surface area contributed by atoms with E-state index in [9.17, 15) is 19.1 Å². The number of rotatable bonds is 5. The lowest BCUT2D eigenvalue weighted by Crippen LogP contribution is -2.49. The van der Waals surface area contributed by atoms with Crippen LogP contribution in [-0.4, -0.2) is 28.6 Å². The number of nitrogens with one attached hydrogen (secondary N) is 1. The molecule has 1 aliphatic heterocycles. The van der Waals surface area contributed by atoms with Gasteiger partial charge in [0.05, 0.1) is 6.20 Å². The van der Waals surface area contributed by atoms with Crippen LogP contribution >= 0.6 is 11.3 Å². The molecule has 1 fully saturated rings. The summed E-state index contributed by atoms with van der Waals surface area (Å²) in [6.07, 6.45) is 3.13. The van der Waals surface area contributed by atoms with Crippen molar-refractivity contribution in [3.63, 3.8) is 0 Å². The van der Waals surface area contributed by atoms with Gasteiger partial charge in [-0.1, -0.05) is 12.1 Å². The Morgan fingerprint density at radius 3 is 2.72 bits per heavy atom. The minimum absolute atomic E-state index is 0.102. The van der Waals surface area contributed by atoms with E-state index in [4.69, 9.17) is 4.74 Å². The van der Waals surface area contributed by atoms with Gasteiger partial charge in [-0.3, -0.25) is 4.79 Å². The van der Waals surface area contributed by atoms with Crippen LogP contribution in [0.15, 0.2) is 30.5 Å². The molecule has 2 atom stereocenters. The molecule has 2 heterocycles. The highest BCUT2D eigenvalue weighted by molar-refractivity contribution is 7.13. The Morgan fingerprint density at radius 1 is 1.40 bits per heavy atom. The van der Waals surface area contributed by atoms with E-state index in [1.165, 1.54) is 36.6 Å². The third kappa shape index (κ3) is 3.54. The lowest BCUT2D eigenvalue weighted by atomic mass is 9.92. The zero-order valence-electron chi connectivity index (χ0n) is 13.5. The highest BCUT2D eigenvalue weighted by atomic mass is 32.1. The number of halogens is 1. The Bertz CT molecular complexity index is 786. The minimum Gasteiger partial charge on any atom is -0.479 e. The summed E-state index contributed by atoms with van der Waals surface area (Å²) in [6, 6.07) is 5.00. The van der Waals surface area contributed by atoms with Crippen LogP contribution in [0, 0.1) is 5.82 Å². The van der Waals surface area contributed by atoms with Gasteiger partial charge in [0.25, 0.3) is 5.91 Å². The van der Waals surface area contributed by atoms with Crippen molar-refractivity contribution >= 4 is 23.2 Å². The SMILES string of the molecule is CC(NC(=O)c1cnc(C2CCCO2)s1)(C(=O)O)c1ccc(F)cc1. The Balaban J connectivity index is 1.81. The molecular formula is C17H17FN2O4S. The molecule has 0 saturated carbocycles. The lowest BCUT2D eigenvalue weighted by Gasteiger charge is -2.26. The standard InChI is InChI=1S/C17H17FN2O4S/c1-17(16(22)23,10-4-6-11(18)7-5-10)20-14(21)13-9-19-15(25-13)12-3-2-8-24-12/h4-7,9,12H,2-3,8H2,1H3,(H,20,21)(H,22,23). The molecule has 132 valence electrons. The second kappa shape index (κ2) is 6.89. The highest BCUT2D eigenvalue weighted by Crippen LogP contribution is 2.31. The smallest absolute Gasteiger partial charge is 0.333 e. The summed E-state index contributed by atoms with van der Waals surface area (Å²) in [5.41, 5.74) is -1.41. The molecule has 2 aromatic rings. The predicted octanol–water partition coefficient (Wildman–Crippen LogP) is 2.86. The number of hydrogen-bond acceptors (Lipinski definition) is 5. The van der Waals surface area contributed by atoms with Gasteiger partial charge in [0.15, 0.2) is 5.54 Å². The van der Waals surface area contributed by atoms with Crippen LogP contribution in [-0.2, 0) is 15.1 Å². The number of ether oxygens (including phenoxy) is 1. The number of aromatic nitrogens is 1. The van der Waals surface area contributed by atoms with Crippen LogP contribution in [0.2, 0.25) is 0 Å². The van der Waals surface area contributed by atoms with Crippen molar-refractivity contribution in [3.8, 4) is 0 Å². The summed E-state index contributed by atoms with van der Waals surface area (Å²) in [6.45, 7) is 2.04. The number of amides is 1. The second-order valence-corrected chi connectivity index (χ2v) is 7.02. The largest absolute Gasteiger partial charge is 0.479 e. The monoisotopic (exact) mass is 364 g/mol. The van der Waals surface area contributed by atoms with E-state index in [-0.39, 0.29) is 11.7 Å². The molecule has 0 aliphatic carbocycles. The molecule has 0 radical (unpaired) electrons. The zero-order valence-corrected chi connectivity index (χ0v) is 14.3. The number of hydrogen-bond donors (Lipinski definition) is 2. The molecule has 3 rings (SSSR count). The fourth-order valence-electron chi connectivity index (χ4n) is 2.63. The van der Waals surface area contributed by atoms with E-state index in [1.54, 1.807) is 0 Å². The molecule has 2 N–H and O–H groups in total. The summed E-state index contributed by atoms with van der Waals surface area (Å²) in [7, 11) is 0. The van der Waals surface area contributed by atoms with E-state index in [1.807, 2.05) is 0 Å². The van der Waals surface area contributed by atoms with Gasteiger partial charge in [-0.05, 0) is 37.5 Å². The quantitative estimate of drug-likeness (QED) is 0.852. The van der Waals surface area contributed by atoms with Crippen LogP contribution in [0.1, 0.15) is 46.1 Å². The minimum atomic E-state index is -1.68. The fourth-order valence-corrected chi connectivity index (χ4v) is 3.53. The molecule has 1 saturated heterocycles. The first-order chi connectivity index (χ1) is 11.9. The van der Waals surface area contributed by atoms with E-state index in [2.05, 4.69) is 10.3 Å². The zero-order chi connectivity index (χ0) is 18.0. The van der Waals surface area contributed by atoms with Crippen LogP contribution in [0.25, 0.3) is 0 Å². The van der Waals surface area contributed by atoms with Crippen LogP contribution in [0.4, 0.5) is 4.39 Å². The van der Waals surface area contributed by atoms with Crippen LogP contribution < -0.4 is 5.32 Å². The molecule has 2 unspecified atom stereocenters. The summed E-state index contributed by atoms with van der Waals surface area (Å²) in [5, 5.41) is 12.8. The topological polar surface area (TPSA) is 88.5 Å². The Labute approximate surface area is 147 Å². The van der Waals surface area contributed by atoms with E-state index in [0.717, 1.165) is 25.0 Å². The van der Waals surface area contributed by atoms with Crippen molar-refractivity contribution < 1.29 is 23.8 Å². The number of carbonyl (C=O) groups excluding carboxylic acids is 1. The van der Waals surface area contributed by atoms with Gasteiger partial charge in [0.1, 0.15) is 21.8 Å². The molecule has 0 spiro atoms. The van der Waals surface area contributed by atoms with Gasteiger partial charge in [-0.15, -0.1) is 11.3 Å². The molecule has 1 amide bonds. The van der Waals surface area contributed by atoms with E-state index in [0.29, 0.717) is 16.5 Å². The summed E-state index contributed by atoms with van der Waals surface area (Å²) in [4.78, 5) is 28.8. The molecule has 1 aromatic carbocycles. The van der Waals surface area contributed by atoms with Crippen molar-refractivity contribution in [1.82, 2.24) is 10.3 Å². The van der Waals surface area contributed by atoms with Crippen molar-refractivity contribution in [2.45, 2.75) is 31.4 Å². The summed E-state index contributed by atoms with van der Waals surface area (Å²) < 4.78 is 18.6. The lowest BCUT2D eigenvalue weighted by molar-refractivity contribution is -0.144. The van der Waals surface area contributed by atoms with Gasteiger partial charge in [0.2, 0.25) is 0 Å². The highest BCUT2D eigenvalue weighted by Gasteiger charge is 2.37. The van der Waals surface area contributed by atoms with Crippen LogP contribution in [0.5, 0.6) is 0 Å². The third-order valence-electron chi connectivity index (χ3n) is 4.17. The summed E-state index contributed by atoms with van der Waals surface area (Å²) >= 11 is 1.19. The molecule has 8 heteroatoms. The van der Waals surface area contributed by atoms with Crippen molar-refractivity contribution in [2.24, 2.45) is 0 Å². The van der Waals surface area contributed by atoms with Gasteiger partial charge < -0.3 is 15.2 Å². The number of benzene rings is 1.